The predicted molar refractivity (Wildman–Crippen MR) is 71.2 cm³/mol. The van der Waals surface area contributed by atoms with Gasteiger partial charge in [0.05, 0.1) is 13.2 Å². The fourth-order valence-electron chi connectivity index (χ4n) is 1.72. The van der Waals surface area contributed by atoms with Crippen molar-refractivity contribution >= 4 is 17.7 Å². The van der Waals surface area contributed by atoms with Crippen LogP contribution in [0, 0.1) is 0 Å². The van der Waals surface area contributed by atoms with Crippen molar-refractivity contribution in [1.29, 1.82) is 0 Å². The molecule has 1 unspecified atom stereocenters. The van der Waals surface area contributed by atoms with Gasteiger partial charge in [0.25, 0.3) is 0 Å². The van der Waals surface area contributed by atoms with Gasteiger partial charge in [-0.2, -0.15) is 11.8 Å². The van der Waals surface area contributed by atoms with Gasteiger partial charge in [-0.15, -0.1) is 0 Å². The van der Waals surface area contributed by atoms with Crippen LogP contribution in [0.4, 0.5) is 0 Å². The molecule has 0 radical (unpaired) electrons. The van der Waals surface area contributed by atoms with Crippen LogP contribution in [-0.4, -0.2) is 47.8 Å². The third kappa shape index (κ3) is 4.61. The smallest absolute Gasteiger partial charge is 0.191 e. The highest BCUT2D eigenvalue weighted by atomic mass is 32.2. The Morgan fingerprint density at radius 1 is 1.50 bits per heavy atom. The van der Waals surface area contributed by atoms with Crippen LogP contribution in [0.15, 0.2) is 4.99 Å². The number of aliphatic hydroxyl groups excluding tert-OH is 1. The Hall–Kier alpha value is -0.420. The van der Waals surface area contributed by atoms with Crippen molar-refractivity contribution in [3.8, 4) is 0 Å². The van der Waals surface area contributed by atoms with Gasteiger partial charge >= 0.3 is 0 Å². The van der Waals surface area contributed by atoms with E-state index in [9.17, 15) is 0 Å². The molecule has 5 heteroatoms. The van der Waals surface area contributed by atoms with Crippen LogP contribution in [0.3, 0.4) is 0 Å². The molecule has 3 N–H and O–H groups in total. The molecule has 0 aromatic heterocycles. The summed E-state index contributed by atoms with van der Waals surface area (Å²) in [7, 11) is 0. The second-order valence-electron chi connectivity index (χ2n) is 4.25. The zero-order chi connectivity index (χ0) is 11.9. The summed E-state index contributed by atoms with van der Waals surface area (Å²) in [5.74, 6) is 2.07. The van der Waals surface area contributed by atoms with Gasteiger partial charge in [-0.25, -0.2) is 0 Å². The SMILES string of the molecule is CCNC(=NCC1(C)CCCS1)NCCO. The van der Waals surface area contributed by atoms with Crippen LogP contribution < -0.4 is 10.6 Å². The van der Waals surface area contributed by atoms with Crippen molar-refractivity contribution in [3.63, 3.8) is 0 Å². The molecule has 1 aliphatic rings. The Morgan fingerprint density at radius 2 is 2.31 bits per heavy atom. The van der Waals surface area contributed by atoms with E-state index >= 15 is 0 Å². The zero-order valence-electron chi connectivity index (χ0n) is 10.3. The van der Waals surface area contributed by atoms with E-state index in [1.54, 1.807) is 0 Å². The number of hydrogen-bond donors (Lipinski definition) is 3. The molecule has 1 saturated heterocycles. The molecule has 1 fully saturated rings. The summed E-state index contributed by atoms with van der Waals surface area (Å²) < 4.78 is 0.307. The highest BCUT2D eigenvalue weighted by Crippen LogP contribution is 2.37. The summed E-state index contributed by atoms with van der Waals surface area (Å²) >= 11 is 2.02. The number of hydrogen-bond acceptors (Lipinski definition) is 3. The van der Waals surface area contributed by atoms with E-state index in [0.29, 0.717) is 11.3 Å². The maximum atomic E-state index is 8.76. The van der Waals surface area contributed by atoms with E-state index in [1.807, 2.05) is 18.7 Å². The molecule has 16 heavy (non-hydrogen) atoms. The first-order valence-corrected chi connectivity index (χ1v) is 6.96. The average Bonchev–Trinajstić information content (AvgIpc) is 2.70. The lowest BCUT2D eigenvalue weighted by Crippen LogP contribution is -2.39. The molecule has 1 aliphatic heterocycles. The first-order valence-electron chi connectivity index (χ1n) is 5.97. The van der Waals surface area contributed by atoms with E-state index in [4.69, 9.17) is 5.11 Å². The minimum absolute atomic E-state index is 0.135. The minimum atomic E-state index is 0.135. The van der Waals surface area contributed by atoms with E-state index in [-0.39, 0.29) is 6.61 Å². The van der Waals surface area contributed by atoms with Gasteiger partial charge in [0.1, 0.15) is 0 Å². The summed E-state index contributed by atoms with van der Waals surface area (Å²) in [6, 6.07) is 0. The second kappa shape index (κ2) is 7.01. The van der Waals surface area contributed by atoms with E-state index in [1.165, 1.54) is 18.6 Å². The topological polar surface area (TPSA) is 56.7 Å². The molecule has 0 spiro atoms. The molecule has 94 valence electrons. The fraction of sp³-hybridized carbons (Fsp3) is 0.909. The third-order valence-electron chi connectivity index (χ3n) is 2.62. The van der Waals surface area contributed by atoms with Crippen molar-refractivity contribution in [2.24, 2.45) is 4.99 Å². The molecule has 1 atom stereocenters. The Morgan fingerprint density at radius 3 is 2.88 bits per heavy atom. The lowest BCUT2D eigenvalue weighted by molar-refractivity contribution is 0.300. The second-order valence-corrected chi connectivity index (χ2v) is 5.93. The van der Waals surface area contributed by atoms with Crippen LogP contribution in [0.2, 0.25) is 0 Å². The van der Waals surface area contributed by atoms with Gasteiger partial charge < -0.3 is 15.7 Å². The van der Waals surface area contributed by atoms with Gasteiger partial charge in [0, 0.05) is 17.8 Å². The maximum Gasteiger partial charge on any atom is 0.191 e. The van der Waals surface area contributed by atoms with E-state index < -0.39 is 0 Å². The summed E-state index contributed by atoms with van der Waals surface area (Å²) in [6.07, 6.45) is 2.55. The summed E-state index contributed by atoms with van der Waals surface area (Å²) in [4.78, 5) is 4.57. The summed E-state index contributed by atoms with van der Waals surface area (Å²) in [5.41, 5.74) is 0. The summed E-state index contributed by atoms with van der Waals surface area (Å²) in [5, 5.41) is 15.0. The number of rotatable bonds is 5. The first kappa shape index (κ1) is 13.6. The molecule has 0 aromatic rings. The average molecular weight is 245 g/mol. The van der Waals surface area contributed by atoms with Crippen LogP contribution >= 0.6 is 11.8 Å². The molecule has 4 nitrogen and oxygen atoms in total. The lowest BCUT2D eigenvalue weighted by atomic mass is 10.1. The molecular weight excluding hydrogens is 222 g/mol. The number of nitrogens with zero attached hydrogens (tertiary/aromatic N) is 1. The molecule has 1 rings (SSSR count). The first-order chi connectivity index (χ1) is 7.70. The van der Waals surface area contributed by atoms with Crippen LogP contribution in [0.5, 0.6) is 0 Å². The molecule has 0 saturated carbocycles. The Bertz CT molecular complexity index is 227. The normalized spacial score (nSPS) is 25.8. The Kier molecular flexibility index (Phi) is 5.98. The highest BCUT2D eigenvalue weighted by Gasteiger charge is 2.29. The minimum Gasteiger partial charge on any atom is -0.395 e. The Labute approximate surface area is 102 Å². The lowest BCUT2D eigenvalue weighted by Gasteiger charge is -2.20. The molecule has 0 amide bonds. The van der Waals surface area contributed by atoms with Crippen molar-refractivity contribution in [2.45, 2.75) is 31.4 Å². The van der Waals surface area contributed by atoms with Crippen molar-refractivity contribution in [1.82, 2.24) is 10.6 Å². The quantitative estimate of drug-likeness (QED) is 0.496. The fourth-order valence-corrected chi connectivity index (χ4v) is 2.95. The predicted octanol–water partition coefficient (Wildman–Crippen LogP) is 0.819. The Balaban J connectivity index is 2.42. The van der Waals surface area contributed by atoms with Crippen molar-refractivity contribution < 1.29 is 5.11 Å². The third-order valence-corrected chi connectivity index (χ3v) is 4.14. The molecule has 0 aromatic carbocycles. The van der Waals surface area contributed by atoms with Crippen LogP contribution in [0.1, 0.15) is 26.7 Å². The van der Waals surface area contributed by atoms with Gasteiger partial charge in [0.2, 0.25) is 0 Å². The number of nitrogens with one attached hydrogen (secondary N) is 2. The maximum absolute atomic E-state index is 8.76. The van der Waals surface area contributed by atoms with Gasteiger partial charge in [-0.05, 0) is 32.4 Å². The zero-order valence-corrected chi connectivity index (χ0v) is 11.1. The van der Waals surface area contributed by atoms with Gasteiger partial charge in [-0.1, -0.05) is 0 Å². The largest absolute Gasteiger partial charge is 0.395 e. The standard InChI is InChI=1S/C11H23N3OS/c1-3-12-10(13-6-7-15)14-9-11(2)5-4-8-16-11/h15H,3-9H2,1-2H3,(H2,12,13,14). The van der Waals surface area contributed by atoms with Gasteiger partial charge in [0.15, 0.2) is 5.96 Å². The van der Waals surface area contributed by atoms with Crippen LogP contribution in [0.25, 0.3) is 0 Å². The van der Waals surface area contributed by atoms with Crippen molar-refractivity contribution in [2.75, 3.05) is 32.0 Å². The van der Waals surface area contributed by atoms with E-state index in [2.05, 4.69) is 22.5 Å². The number of aliphatic imine (C=N–C) groups is 1. The number of aliphatic hydroxyl groups is 1. The molecule has 0 aliphatic carbocycles. The highest BCUT2D eigenvalue weighted by molar-refractivity contribution is 8.00. The van der Waals surface area contributed by atoms with E-state index in [0.717, 1.165) is 19.0 Å². The molecule has 1 heterocycles. The monoisotopic (exact) mass is 245 g/mol. The van der Waals surface area contributed by atoms with Crippen LogP contribution in [-0.2, 0) is 0 Å². The number of thioether (sulfide) groups is 1. The molecule has 0 bridgehead atoms. The van der Waals surface area contributed by atoms with Crippen molar-refractivity contribution in [3.05, 3.63) is 0 Å². The van der Waals surface area contributed by atoms with Gasteiger partial charge in [-0.3, -0.25) is 4.99 Å². The molecular formula is C11H23N3OS. The number of guanidine groups is 1. The summed E-state index contributed by atoms with van der Waals surface area (Å²) in [6.45, 7) is 6.71.